The molecule has 2 aromatic heterocycles. The third-order valence-electron chi connectivity index (χ3n) is 5.74. The van der Waals surface area contributed by atoms with Crippen LogP contribution in [0, 0.1) is 0 Å². The molecule has 0 amide bonds. The number of benzene rings is 4. The Morgan fingerprint density at radius 3 is 1.75 bits per heavy atom. The first-order valence-electron chi connectivity index (χ1n) is 10.6. The molecular formula is C29H19N3. The lowest BCUT2D eigenvalue weighted by atomic mass is 9.94. The van der Waals surface area contributed by atoms with E-state index in [1.165, 1.54) is 0 Å². The second kappa shape index (κ2) is 7.71. The van der Waals surface area contributed by atoms with Crippen molar-refractivity contribution in [3.8, 4) is 33.8 Å². The summed E-state index contributed by atoms with van der Waals surface area (Å²) in [6, 6.07) is 37.1. The molecule has 4 aromatic carbocycles. The molecule has 0 aliphatic heterocycles. The zero-order valence-electron chi connectivity index (χ0n) is 17.3. The summed E-state index contributed by atoms with van der Waals surface area (Å²) in [5.74, 6) is 0. The van der Waals surface area contributed by atoms with Crippen LogP contribution in [0.4, 0.5) is 0 Å². The van der Waals surface area contributed by atoms with Gasteiger partial charge in [0.2, 0.25) is 0 Å². The predicted molar refractivity (Wildman–Crippen MR) is 131 cm³/mol. The van der Waals surface area contributed by atoms with Gasteiger partial charge in [-0.25, -0.2) is 9.97 Å². The SMILES string of the molecule is c1ccc(-c2nc3ccccc3nc2-c2ccc(-c3ccccn3)c3ccccc23)cc1. The zero-order chi connectivity index (χ0) is 21.3. The molecule has 32 heavy (non-hydrogen) atoms. The summed E-state index contributed by atoms with van der Waals surface area (Å²) in [5.41, 5.74) is 7.75. The molecule has 0 fully saturated rings. The second-order valence-electron chi connectivity index (χ2n) is 7.70. The van der Waals surface area contributed by atoms with Crippen molar-refractivity contribution < 1.29 is 0 Å². The van der Waals surface area contributed by atoms with Gasteiger partial charge in [-0.2, -0.15) is 0 Å². The molecule has 0 saturated carbocycles. The fourth-order valence-electron chi connectivity index (χ4n) is 4.24. The van der Waals surface area contributed by atoms with E-state index in [1.54, 1.807) is 0 Å². The van der Waals surface area contributed by atoms with Crippen LogP contribution >= 0.6 is 0 Å². The largest absolute Gasteiger partial charge is 0.256 e. The van der Waals surface area contributed by atoms with E-state index >= 15 is 0 Å². The number of rotatable bonds is 3. The average Bonchev–Trinajstić information content (AvgIpc) is 2.88. The van der Waals surface area contributed by atoms with Crippen LogP contribution < -0.4 is 0 Å². The lowest BCUT2D eigenvalue weighted by molar-refractivity contribution is 1.29. The third-order valence-corrected chi connectivity index (χ3v) is 5.74. The van der Waals surface area contributed by atoms with Gasteiger partial charge in [0.15, 0.2) is 0 Å². The lowest BCUT2D eigenvalue weighted by Gasteiger charge is -2.14. The van der Waals surface area contributed by atoms with Crippen molar-refractivity contribution in [1.82, 2.24) is 15.0 Å². The van der Waals surface area contributed by atoms with E-state index in [0.717, 1.165) is 55.6 Å². The van der Waals surface area contributed by atoms with Gasteiger partial charge in [-0.05, 0) is 35.0 Å². The molecule has 0 spiro atoms. The van der Waals surface area contributed by atoms with Crippen LogP contribution in [-0.4, -0.2) is 15.0 Å². The Morgan fingerprint density at radius 1 is 0.438 bits per heavy atom. The van der Waals surface area contributed by atoms with Crippen LogP contribution in [0.15, 0.2) is 115 Å². The van der Waals surface area contributed by atoms with Crippen molar-refractivity contribution in [3.05, 3.63) is 115 Å². The molecule has 0 N–H and O–H groups in total. The van der Waals surface area contributed by atoms with Gasteiger partial charge in [-0.3, -0.25) is 4.98 Å². The Hall–Kier alpha value is -4.37. The lowest BCUT2D eigenvalue weighted by Crippen LogP contribution is -1.96. The van der Waals surface area contributed by atoms with E-state index in [0.29, 0.717) is 0 Å². The molecule has 3 heteroatoms. The van der Waals surface area contributed by atoms with Gasteiger partial charge in [0.05, 0.1) is 28.1 Å². The zero-order valence-corrected chi connectivity index (χ0v) is 17.3. The van der Waals surface area contributed by atoms with E-state index in [-0.39, 0.29) is 0 Å². The highest BCUT2D eigenvalue weighted by Gasteiger charge is 2.17. The maximum atomic E-state index is 5.10. The topological polar surface area (TPSA) is 38.7 Å². The standard InChI is InChI=1S/C29H19N3/c1-2-10-20(11-3-1)28-29(32-27-16-7-6-15-26(27)31-28)24-18-17-23(25-14-8-9-19-30-25)21-12-4-5-13-22(21)24/h1-19H. The van der Waals surface area contributed by atoms with E-state index < -0.39 is 0 Å². The summed E-state index contributed by atoms with van der Waals surface area (Å²) >= 11 is 0. The maximum Gasteiger partial charge on any atom is 0.0979 e. The number of para-hydroxylation sites is 2. The minimum Gasteiger partial charge on any atom is -0.256 e. The number of fused-ring (bicyclic) bond motifs is 2. The highest BCUT2D eigenvalue weighted by molar-refractivity contribution is 6.06. The second-order valence-corrected chi connectivity index (χ2v) is 7.70. The molecule has 0 unspecified atom stereocenters. The molecule has 2 heterocycles. The predicted octanol–water partition coefficient (Wildman–Crippen LogP) is 7.18. The molecule has 0 atom stereocenters. The molecular weight excluding hydrogens is 390 g/mol. The Bertz CT molecular complexity index is 1560. The van der Waals surface area contributed by atoms with Crippen molar-refractivity contribution in [2.75, 3.05) is 0 Å². The number of nitrogens with zero attached hydrogens (tertiary/aromatic N) is 3. The molecule has 0 aliphatic carbocycles. The molecule has 6 rings (SSSR count). The Balaban J connectivity index is 1.67. The van der Waals surface area contributed by atoms with Gasteiger partial charge in [0.1, 0.15) is 0 Å². The van der Waals surface area contributed by atoms with Crippen LogP contribution in [0.25, 0.3) is 55.6 Å². The summed E-state index contributed by atoms with van der Waals surface area (Å²) in [6.45, 7) is 0. The molecule has 150 valence electrons. The summed E-state index contributed by atoms with van der Waals surface area (Å²) in [4.78, 5) is 14.7. The molecule has 3 nitrogen and oxygen atoms in total. The van der Waals surface area contributed by atoms with Gasteiger partial charge < -0.3 is 0 Å². The molecule has 0 aliphatic rings. The minimum atomic E-state index is 0.888. The summed E-state index contributed by atoms with van der Waals surface area (Å²) in [7, 11) is 0. The first-order valence-corrected chi connectivity index (χ1v) is 10.6. The summed E-state index contributed by atoms with van der Waals surface area (Å²) in [5, 5.41) is 2.29. The van der Waals surface area contributed by atoms with Gasteiger partial charge >= 0.3 is 0 Å². The minimum absolute atomic E-state index is 0.888. The van der Waals surface area contributed by atoms with Crippen LogP contribution in [0.5, 0.6) is 0 Å². The van der Waals surface area contributed by atoms with Gasteiger partial charge in [0, 0.05) is 22.9 Å². The van der Waals surface area contributed by atoms with E-state index in [4.69, 9.17) is 9.97 Å². The number of hydrogen-bond donors (Lipinski definition) is 0. The fourth-order valence-corrected chi connectivity index (χ4v) is 4.24. The van der Waals surface area contributed by atoms with Crippen LogP contribution in [0.1, 0.15) is 0 Å². The Kier molecular flexibility index (Phi) is 4.43. The number of hydrogen-bond acceptors (Lipinski definition) is 3. The Morgan fingerprint density at radius 2 is 1.03 bits per heavy atom. The monoisotopic (exact) mass is 409 g/mol. The van der Waals surface area contributed by atoms with Crippen LogP contribution in [0.2, 0.25) is 0 Å². The first-order chi connectivity index (χ1) is 15.9. The Labute approximate surface area is 186 Å². The van der Waals surface area contributed by atoms with Crippen LogP contribution in [0.3, 0.4) is 0 Å². The van der Waals surface area contributed by atoms with E-state index in [2.05, 4.69) is 53.5 Å². The van der Waals surface area contributed by atoms with Crippen molar-refractivity contribution >= 4 is 21.8 Å². The van der Waals surface area contributed by atoms with Crippen molar-refractivity contribution in [2.45, 2.75) is 0 Å². The first kappa shape index (κ1) is 18.4. The number of aromatic nitrogens is 3. The van der Waals surface area contributed by atoms with Crippen molar-refractivity contribution in [1.29, 1.82) is 0 Å². The van der Waals surface area contributed by atoms with Crippen molar-refractivity contribution in [2.24, 2.45) is 0 Å². The molecule has 0 bridgehead atoms. The molecule has 0 saturated heterocycles. The van der Waals surface area contributed by atoms with E-state index in [9.17, 15) is 0 Å². The van der Waals surface area contributed by atoms with Gasteiger partial charge in [-0.1, -0.05) is 84.9 Å². The van der Waals surface area contributed by atoms with Gasteiger partial charge in [0.25, 0.3) is 0 Å². The smallest absolute Gasteiger partial charge is 0.0979 e. The van der Waals surface area contributed by atoms with Crippen LogP contribution in [-0.2, 0) is 0 Å². The summed E-state index contributed by atoms with van der Waals surface area (Å²) < 4.78 is 0. The molecule has 0 radical (unpaired) electrons. The highest BCUT2D eigenvalue weighted by atomic mass is 14.8. The fraction of sp³-hybridized carbons (Fsp3) is 0. The quantitative estimate of drug-likeness (QED) is 0.311. The third kappa shape index (κ3) is 3.12. The van der Waals surface area contributed by atoms with Crippen molar-refractivity contribution in [3.63, 3.8) is 0 Å². The number of pyridine rings is 1. The van der Waals surface area contributed by atoms with E-state index in [1.807, 2.05) is 66.9 Å². The molecule has 6 aromatic rings. The highest BCUT2D eigenvalue weighted by Crippen LogP contribution is 2.38. The maximum absolute atomic E-state index is 5.10. The summed E-state index contributed by atoms with van der Waals surface area (Å²) in [6.07, 6.45) is 1.83. The van der Waals surface area contributed by atoms with Gasteiger partial charge in [-0.15, -0.1) is 0 Å². The average molecular weight is 409 g/mol. The normalized spacial score (nSPS) is 11.1.